The van der Waals surface area contributed by atoms with Crippen molar-refractivity contribution < 1.29 is 14.3 Å². The fourth-order valence-electron chi connectivity index (χ4n) is 1.16. The Morgan fingerprint density at radius 1 is 1.39 bits per heavy atom. The van der Waals surface area contributed by atoms with E-state index in [1.165, 1.54) is 0 Å². The number of nitrogens with one attached hydrogen (secondary N) is 1. The summed E-state index contributed by atoms with van der Waals surface area (Å²) in [6, 6.07) is 0. The molecule has 0 saturated carbocycles. The number of unbranched alkanes of at least 4 members (excludes halogenated alkanes) is 2. The summed E-state index contributed by atoms with van der Waals surface area (Å²) in [5.41, 5.74) is 1.70. The Kier molecular flexibility index (Phi) is 7.43. The first-order valence-electron chi connectivity index (χ1n) is 5.84. The number of ether oxygens (including phenoxy) is 1. The van der Waals surface area contributed by atoms with Gasteiger partial charge in [-0.2, -0.15) is 0 Å². The van der Waals surface area contributed by atoms with Crippen molar-refractivity contribution in [1.82, 2.24) is 10.4 Å². The monoisotopic (exact) mass is 276 g/mol. The van der Waals surface area contributed by atoms with E-state index in [9.17, 15) is 9.59 Å². The Labute approximate surface area is 113 Å². The lowest BCUT2D eigenvalue weighted by Crippen LogP contribution is -2.46. The van der Waals surface area contributed by atoms with Crippen LogP contribution in [0.2, 0.25) is 0 Å². The van der Waals surface area contributed by atoms with Crippen LogP contribution in [-0.4, -0.2) is 28.6 Å². The van der Waals surface area contributed by atoms with Crippen molar-refractivity contribution in [3.63, 3.8) is 0 Å². The average Bonchev–Trinajstić information content (AvgIpc) is 2.19. The van der Waals surface area contributed by atoms with Crippen LogP contribution in [-0.2, 0) is 4.74 Å². The van der Waals surface area contributed by atoms with E-state index in [-0.39, 0.29) is 0 Å². The highest BCUT2D eigenvalue weighted by Crippen LogP contribution is 2.07. The molecule has 1 N–H and O–H groups in total. The minimum absolute atomic E-state index is 0.343. The van der Waals surface area contributed by atoms with E-state index >= 15 is 0 Å². The summed E-state index contributed by atoms with van der Waals surface area (Å²) in [6.07, 6.45) is 3.56. The van der Waals surface area contributed by atoms with Crippen LogP contribution in [0.15, 0.2) is 12.7 Å². The maximum Gasteiger partial charge on any atom is 0.426 e. The Morgan fingerprint density at radius 2 is 2.00 bits per heavy atom. The third-order valence-electron chi connectivity index (χ3n) is 1.88. The second-order valence-corrected chi connectivity index (χ2v) is 5.13. The van der Waals surface area contributed by atoms with Gasteiger partial charge in [0.05, 0.1) is 0 Å². The topological polar surface area (TPSA) is 58.6 Å². The number of hydrogen-bond donors (Lipinski definition) is 1. The van der Waals surface area contributed by atoms with Gasteiger partial charge in [-0.3, -0.25) is 4.79 Å². The zero-order valence-corrected chi connectivity index (χ0v) is 11.9. The number of nitrogens with zero attached hydrogens (tertiary/aromatic N) is 1. The molecule has 2 amide bonds. The molecular formula is C12H21ClN2O3. The number of hydrogen-bond acceptors (Lipinski definition) is 3. The molecule has 0 spiro atoms. The second kappa shape index (κ2) is 7.97. The van der Waals surface area contributed by atoms with E-state index in [0.29, 0.717) is 6.54 Å². The van der Waals surface area contributed by atoms with E-state index in [4.69, 9.17) is 16.3 Å². The summed E-state index contributed by atoms with van der Waals surface area (Å²) in [6.45, 7) is 9.17. The Balaban J connectivity index is 4.15. The van der Waals surface area contributed by atoms with Crippen molar-refractivity contribution in [2.75, 3.05) is 6.54 Å². The van der Waals surface area contributed by atoms with Crippen LogP contribution in [0.5, 0.6) is 0 Å². The van der Waals surface area contributed by atoms with Gasteiger partial charge in [0.2, 0.25) is 0 Å². The highest BCUT2D eigenvalue weighted by atomic mass is 35.5. The number of hydrazine groups is 1. The van der Waals surface area contributed by atoms with Crippen LogP contribution < -0.4 is 5.43 Å². The molecule has 0 radical (unpaired) electrons. The zero-order valence-electron chi connectivity index (χ0n) is 11.2. The highest BCUT2D eigenvalue weighted by Gasteiger charge is 2.20. The van der Waals surface area contributed by atoms with Gasteiger partial charge in [-0.1, -0.05) is 6.08 Å². The summed E-state index contributed by atoms with van der Waals surface area (Å²) in [5.74, 6) is 0. The van der Waals surface area contributed by atoms with Crippen molar-refractivity contribution >= 4 is 23.1 Å². The molecule has 0 aromatic heterocycles. The minimum Gasteiger partial charge on any atom is -0.443 e. The van der Waals surface area contributed by atoms with Gasteiger partial charge in [0.15, 0.2) is 0 Å². The summed E-state index contributed by atoms with van der Waals surface area (Å²) < 4.78 is 5.03. The van der Waals surface area contributed by atoms with Crippen molar-refractivity contribution in [2.24, 2.45) is 0 Å². The minimum atomic E-state index is -0.737. The fraction of sp³-hybridized carbons (Fsp3) is 0.667. The summed E-state index contributed by atoms with van der Waals surface area (Å²) >= 11 is 5.37. The molecule has 0 rings (SSSR count). The van der Waals surface area contributed by atoms with E-state index < -0.39 is 17.1 Å². The molecule has 0 aromatic rings. The molecule has 18 heavy (non-hydrogen) atoms. The average molecular weight is 277 g/mol. The number of carbonyl (C=O) groups excluding carboxylic acids is 2. The maximum atomic E-state index is 11.5. The van der Waals surface area contributed by atoms with Crippen molar-refractivity contribution in [3.8, 4) is 0 Å². The maximum absolute atomic E-state index is 11.5. The summed E-state index contributed by atoms with van der Waals surface area (Å²) in [4.78, 5) is 22.6. The SMILES string of the molecule is C=CCCCCN(NC(=O)OC(C)(C)C)C(=O)Cl. The number of rotatable bonds is 5. The van der Waals surface area contributed by atoms with Gasteiger partial charge in [-0.15, -0.1) is 6.58 Å². The Bertz CT molecular complexity index is 300. The van der Waals surface area contributed by atoms with Gasteiger partial charge < -0.3 is 4.74 Å². The normalized spacial score (nSPS) is 10.7. The first-order valence-corrected chi connectivity index (χ1v) is 6.21. The standard InChI is InChI=1S/C12H21ClN2O3/c1-5-6-7-8-9-15(10(13)16)14-11(17)18-12(2,3)4/h5H,1,6-9H2,2-4H3,(H,14,17). The Hall–Kier alpha value is -1.23. The number of carbonyl (C=O) groups is 2. The first kappa shape index (κ1) is 16.8. The predicted octanol–water partition coefficient (Wildman–Crippen LogP) is 3.44. The Morgan fingerprint density at radius 3 is 2.44 bits per heavy atom. The third-order valence-corrected chi connectivity index (χ3v) is 2.08. The molecule has 0 unspecified atom stereocenters. The van der Waals surface area contributed by atoms with Gasteiger partial charge >= 0.3 is 11.5 Å². The lowest BCUT2D eigenvalue weighted by Gasteiger charge is -2.24. The van der Waals surface area contributed by atoms with Crippen LogP contribution in [0.3, 0.4) is 0 Å². The molecule has 0 bridgehead atoms. The molecular weight excluding hydrogens is 256 g/mol. The number of amides is 2. The quantitative estimate of drug-likeness (QED) is 0.275. The van der Waals surface area contributed by atoms with Crippen molar-refractivity contribution in [2.45, 2.75) is 45.6 Å². The van der Waals surface area contributed by atoms with E-state index in [1.54, 1.807) is 26.8 Å². The largest absolute Gasteiger partial charge is 0.443 e. The first-order chi connectivity index (χ1) is 8.26. The smallest absolute Gasteiger partial charge is 0.426 e. The molecule has 6 heteroatoms. The van der Waals surface area contributed by atoms with Crippen LogP contribution in [0.4, 0.5) is 9.59 Å². The molecule has 0 fully saturated rings. The molecule has 0 aliphatic heterocycles. The third kappa shape index (κ3) is 8.87. The lowest BCUT2D eigenvalue weighted by molar-refractivity contribution is 0.0392. The molecule has 0 saturated heterocycles. The molecule has 0 aliphatic carbocycles. The highest BCUT2D eigenvalue weighted by molar-refractivity contribution is 6.62. The van der Waals surface area contributed by atoms with Gasteiger partial charge in [-0.25, -0.2) is 15.2 Å². The molecule has 0 heterocycles. The molecule has 0 aliphatic rings. The van der Waals surface area contributed by atoms with Crippen LogP contribution >= 0.6 is 11.6 Å². The van der Waals surface area contributed by atoms with E-state index in [0.717, 1.165) is 24.3 Å². The van der Waals surface area contributed by atoms with Crippen LogP contribution in [0, 0.1) is 0 Å². The van der Waals surface area contributed by atoms with Gasteiger partial charge in [0.1, 0.15) is 5.60 Å². The summed E-state index contributed by atoms with van der Waals surface area (Å²) in [5, 5.41) is 0.304. The second-order valence-electron chi connectivity index (χ2n) is 4.80. The molecule has 0 aromatic carbocycles. The van der Waals surface area contributed by atoms with Crippen molar-refractivity contribution in [1.29, 1.82) is 0 Å². The van der Waals surface area contributed by atoms with Crippen LogP contribution in [0.25, 0.3) is 0 Å². The molecule has 5 nitrogen and oxygen atoms in total. The van der Waals surface area contributed by atoms with Crippen LogP contribution in [0.1, 0.15) is 40.0 Å². The predicted molar refractivity (Wildman–Crippen MR) is 71.4 cm³/mol. The molecule has 0 atom stereocenters. The van der Waals surface area contributed by atoms with Gasteiger partial charge in [0, 0.05) is 6.54 Å². The lowest BCUT2D eigenvalue weighted by atomic mass is 10.2. The number of halogens is 1. The zero-order chi connectivity index (χ0) is 14.2. The van der Waals surface area contributed by atoms with E-state index in [1.807, 2.05) is 0 Å². The van der Waals surface area contributed by atoms with E-state index in [2.05, 4.69) is 12.0 Å². The van der Waals surface area contributed by atoms with Gasteiger partial charge in [-0.05, 0) is 51.6 Å². The van der Waals surface area contributed by atoms with Crippen molar-refractivity contribution in [3.05, 3.63) is 12.7 Å². The molecule has 104 valence electrons. The summed E-state index contributed by atoms with van der Waals surface area (Å²) in [7, 11) is 0. The van der Waals surface area contributed by atoms with Gasteiger partial charge in [0.25, 0.3) is 0 Å². The fourth-order valence-corrected chi connectivity index (χ4v) is 1.28. The number of allylic oxidation sites excluding steroid dienone is 1.